The van der Waals surface area contributed by atoms with Gasteiger partial charge >= 0.3 is 15.5 Å². The summed E-state index contributed by atoms with van der Waals surface area (Å²) in [5, 5.41) is 8.97. The maximum atomic E-state index is 12.0. The summed E-state index contributed by atoms with van der Waals surface area (Å²) in [5.74, 6) is -0.207. The predicted octanol–water partition coefficient (Wildman–Crippen LogP) is 2.42. The van der Waals surface area contributed by atoms with E-state index in [0.29, 0.717) is 0 Å². The highest BCUT2D eigenvalue weighted by Gasteiger charge is 2.46. The van der Waals surface area contributed by atoms with E-state index in [0.717, 1.165) is 18.2 Å². The molecule has 0 aliphatic heterocycles. The molecule has 0 fully saturated rings. The van der Waals surface area contributed by atoms with Crippen LogP contribution in [0.4, 0.5) is 18.9 Å². The molecule has 90 valence electrons. The van der Waals surface area contributed by atoms with E-state index in [1.807, 2.05) is 0 Å². The van der Waals surface area contributed by atoms with Crippen molar-refractivity contribution in [2.24, 2.45) is 0 Å². The molecule has 0 aliphatic rings. The zero-order chi connectivity index (χ0) is 12.6. The van der Waals surface area contributed by atoms with Crippen LogP contribution in [0.25, 0.3) is 0 Å². The number of alkyl halides is 3. The summed E-state index contributed by atoms with van der Waals surface area (Å²) in [7, 11) is -5.45. The molecule has 0 aliphatic carbocycles. The molecule has 0 heterocycles. The Morgan fingerprint density at radius 2 is 1.88 bits per heavy atom. The first kappa shape index (κ1) is 13.1. The monoisotopic (exact) mass is 319 g/mol. The fourth-order valence-corrected chi connectivity index (χ4v) is 1.97. The van der Waals surface area contributed by atoms with Gasteiger partial charge in [-0.2, -0.15) is 21.6 Å². The van der Waals surface area contributed by atoms with Gasteiger partial charge in [-0.3, -0.25) is 4.72 Å². The molecule has 0 spiro atoms. The van der Waals surface area contributed by atoms with Crippen molar-refractivity contribution in [1.29, 1.82) is 0 Å². The van der Waals surface area contributed by atoms with Crippen LogP contribution in [0.3, 0.4) is 0 Å². The lowest BCUT2D eigenvalue weighted by atomic mass is 10.3. The van der Waals surface area contributed by atoms with Gasteiger partial charge in [-0.1, -0.05) is 0 Å². The number of phenols is 1. The standard InChI is InChI=1S/C7H5BrF3NO3S/c8-5-3-4(13)1-2-6(5)12-16(14,15)7(9,10)11/h1-3,12-13H. The quantitative estimate of drug-likeness (QED) is 0.823. The molecule has 0 bridgehead atoms. The molecule has 0 amide bonds. The zero-order valence-electron chi connectivity index (χ0n) is 7.42. The lowest BCUT2D eigenvalue weighted by Crippen LogP contribution is -2.30. The first-order valence-corrected chi connectivity index (χ1v) is 5.99. The molecule has 16 heavy (non-hydrogen) atoms. The van der Waals surface area contributed by atoms with E-state index < -0.39 is 15.5 Å². The van der Waals surface area contributed by atoms with E-state index in [1.54, 1.807) is 0 Å². The van der Waals surface area contributed by atoms with Crippen LogP contribution in [0.5, 0.6) is 5.75 Å². The second-order valence-corrected chi connectivity index (χ2v) is 5.24. The van der Waals surface area contributed by atoms with Gasteiger partial charge in [0.15, 0.2) is 0 Å². The van der Waals surface area contributed by atoms with Crippen LogP contribution in [0, 0.1) is 0 Å². The third kappa shape index (κ3) is 2.79. The number of rotatable bonds is 2. The molecule has 9 heteroatoms. The summed E-state index contributed by atoms with van der Waals surface area (Å²) >= 11 is 2.81. The number of anilines is 1. The minimum absolute atomic E-state index is 0.000301. The van der Waals surface area contributed by atoms with Gasteiger partial charge in [0.1, 0.15) is 5.75 Å². The zero-order valence-corrected chi connectivity index (χ0v) is 9.82. The normalized spacial score (nSPS) is 12.5. The predicted molar refractivity (Wildman–Crippen MR) is 54.4 cm³/mol. The highest BCUT2D eigenvalue weighted by atomic mass is 79.9. The average Bonchev–Trinajstić information content (AvgIpc) is 2.08. The first-order valence-electron chi connectivity index (χ1n) is 3.71. The molecular weight excluding hydrogens is 315 g/mol. The second kappa shape index (κ2) is 4.13. The average molecular weight is 320 g/mol. The van der Waals surface area contributed by atoms with Crippen LogP contribution in [0.15, 0.2) is 22.7 Å². The van der Waals surface area contributed by atoms with Crippen LogP contribution in [-0.2, 0) is 10.0 Å². The summed E-state index contributed by atoms with van der Waals surface area (Å²) < 4.78 is 58.9. The number of halogens is 4. The minimum Gasteiger partial charge on any atom is -0.508 e. The molecule has 0 atom stereocenters. The van der Waals surface area contributed by atoms with Crippen molar-refractivity contribution in [2.75, 3.05) is 4.72 Å². The smallest absolute Gasteiger partial charge is 0.508 e. The van der Waals surface area contributed by atoms with Crippen molar-refractivity contribution >= 4 is 31.6 Å². The summed E-state index contributed by atoms with van der Waals surface area (Å²) in [6, 6.07) is 3.12. The van der Waals surface area contributed by atoms with E-state index in [-0.39, 0.29) is 15.9 Å². The van der Waals surface area contributed by atoms with Gasteiger partial charge in [-0.05, 0) is 34.1 Å². The lowest BCUT2D eigenvalue weighted by molar-refractivity contribution is -0.0429. The Hall–Kier alpha value is -0.960. The molecule has 2 N–H and O–H groups in total. The highest BCUT2D eigenvalue weighted by molar-refractivity contribution is 9.10. The van der Waals surface area contributed by atoms with Gasteiger partial charge in [-0.15, -0.1) is 0 Å². The van der Waals surface area contributed by atoms with Crippen LogP contribution in [-0.4, -0.2) is 19.0 Å². The third-order valence-corrected chi connectivity index (χ3v) is 3.26. The number of phenolic OH excluding ortho intramolecular Hbond substituents is 1. The molecule has 0 saturated carbocycles. The summed E-state index contributed by atoms with van der Waals surface area (Å²) in [6.45, 7) is 0. The van der Waals surface area contributed by atoms with Crippen molar-refractivity contribution in [3.8, 4) is 5.75 Å². The van der Waals surface area contributed by atoms with Crippen molar-refractivity contribution in [1.82, 2.24) is 0 Å². The number of benzene rings is 1. The van der Waals surface area contributed by atoms with Gasteiger partial charge in [-0.25, -0.2) is 0 Å². The van der Waals surface area contributed by atoms with E-state index >= 15 is 0 Å². The van der Waals surface area contributed by atoms with E-state index in [4.69, 9.17) is 5.11 Å². The molecule has 1 aromatic carbocycles. The van der Waals surface area contributed by atoms with Gasteiger partial charge in [0.05, 0.1) is 5.69 Å². The van der Waals surface area contributed by atoms with Gasteiger partial charge in [0, 0.05) is 4.47 Å². The van der Waals surface area contributed by atoms with E-state index in [2.05, 4.69) is 15.9 Å². The van der Waals surface area contributed by atoms with Crippen molar-refractivity contribution in [3.05, 3.63) is 22.7 Å². The second-order valence-electron chi connectivity index (χ2n) is 2.72. The van der Waals surface area contributed by atoms with Crippen LogP contribution >= 0.6 is 15.9 Å². The Morgan fingerprint density at radius 1 is 1.31 bits per heavy atom. The molecule has 0 aromatic heterocycles. The number of aromatic hydroxyl groups is 1. The summed E-state index contributed by atoms with van der Waals surface area (Å²) in [4.78, 5) is 0. The van der Waals surface area contributed by atoms with Crippen molar-refractivity contribution in [2.45, 2.75) is 5.51 Å². The third-order valence-electron chi connectivity index (χ3n) is 1.50. The molecule has 1 aromatic rings. The first-order chi connectivity index (χ1) is 7.13. The number of hydrogen-bond donors (Lipinski definition) is 2. The maximum Gasteiger partial charge on any atom is 0.516 e. The maximum absolute atomic E-state index is 12.0. The Bertz CT molecular complexity index is 500. The molecule has 0 unspecified atom stereocenters. The Labute approximate surface area is 97.3 Å². The molecule has 0 radical (unpaired) electrons. The van der Waals surface area contributed by atoms with Crippen molar-refractivity contribution in [3.63, 3.8) is 0 Å². The SMILES string of the molecule is O=S(=O)(Nc1ccc(O)cc1Br)C(F)(F)F. The summed E-state index contributed by atoms with van der Waals surface area (Å²) in [5.41, 5.74) is -5.69. The Morgan fingerprint density at radius 3 is 2.31 bits per heavy atom. The van der Waals surface area contributed by atoms with Gasteiger partial charge in [0.25, 0.3) is 0 Å². The Kier molecular flexibility index (Phi) is 3.38. The largest absolute Gasteiger partial charge is 0.516 e. The van der Waals surface area contributed by atoms with Gasteiger partial charge < -0.3 is 5.11 Å². The lowest BCUT2D eigenvalue weighted by Gasteiger charge is -2.11. The van der Waals surface area contributed by atoms with E-state index in [9.17, 15) is 21.6 Å². The van der Waals surface area contributed by atoms with Crippen molar-refractivity contribution < 1.29 is 26.7 Å². The molecule has 0 saturated heterocycles. The topological polar surface area (TPSA) is 66.4 Å². The fourth-order valence-electron chi connectivity index (χ4n) is 0.789. The molecular formula is C7H5BrF3NO3S. The number of hydrogen-bond acceptors (Lipinski definition) is 3. The number of nitrogens with one attached hydrogen (secondary N) is 1. The van der Waals surface area contributed by atoms with Crippen LogP contribution in [0.1, 0.15) is 0 Å². The van der Waals surface area contributed by atoms with Crippen LogP contribution in [0.2, 0.25) is 0 Å². The highest BCUT2D eigenvalue weighted by Crippen LogP contribution is 2.31. The fraction of sp³-hybridized carbons (Fsp3) is 0.143. The molecule has 4 nitrogen and oxygen atoms in total. The van der Waals surface area contributed by atoms with Crippen LogP contribution < -0.4 is 4.72 Å². The van der Waals surface area contributed by atoms with E-state index in [1.165, 1.54) is 4.72 Å². The Balaban J connectivity index is 3.07. The minimum atomic E-state index is -5.45. The number of sulfonamides is 1. The summed E-state index contributed by atoms with van der Waals surface area (Å²) in [6.07, 6.45) is 0. The molecule has 1 rings (SSSR count). The van der Waals surface area contributed by atoms with Gasteiger partial charge in [0.2, 0.25) is 0 Å².